The van der Waals surface area contributed by atoms with Gasteiger partial charge in [-0.1, -0.05) is 75.3 Å². The van der Waals surface area contributed by atoms with Crippen molar-refractivity contribution in [3.8, 4) is 0 Å². The van der Waals surface area contributed by atoms with E-state index in [1.54, 1.807) is 0 Å². The molecule has 1 heterocycles. The maximum Gasteiger partial charge on any atom is 0.200 e. The first-order valence-corrected chi connectivity index (χ1v) is 17.8. The highest BCUT2D eigenvalue weighted by Crippen LogP contribution is 2.48. The summed E-state index contributed by atoms with van der Waals surface area (Å²) in [5, 5.41) is 11.1. The van der Waals surface area contributed by atoms with Gasteiger partial charge in [-0.25, -0.2) is 0 Å². The number of allylic oxidation sites excluding steroid dienone is 1. The van der Waals surface area contributed by atoms with Gasteiger partial charge in [0.2, 0.25) is 0 Å². The van der Waals surface area contributed by atoms with E-state index in [2.05, 4.69) is 88.4 Å². The van der Waals surface area contributed by atoms with E-state index in [4.69, 9.17) is 13.6 Å². The highest BCUT2D eigenvalue weighted by Gasteiger charge is 2.63. The van der Waals surface area contributed by atoms with Crippen molar-refractivity contribution in [1.82, 2.24) is 0 Å². The first kappa shape index (κ1) is 30.0. The second-order valence-electron chi connectivity index (χ2n) is 12.5. The summed E-state index contributed by atoms with van der Waals surface area (Å²) in [7, 11) is -4.08. The fraction of sp³-hybridized carbons (Fsp3) is 0.923. The molecule has 0 saturated carbocycles. The van der Waals surface area contributed by atoms with E-state index < -0.39 is 28.3 Å². The Hall–Kier alpha value is 0.0138. The van der Waals surface area contributed by atoms with Gasteiger partial charge in [-0.15, -0.1) is 0 Å². The monoisotopic (exact) mass is 486 g/mol. The van der Waals surface area contributed by atoms with Crippen LogP contribution in [0.2, 0.25) is 34.8 Å². The summed E-state index contributed by atoms with van der Waals surface area (Å²) < 4.78 is 20.1. The Labute approximate surface area is 201 Å². The zero-order valence-corrected chi connectivity index (χ0v) is 25.6. The van der Waals surface area contributed by atoms with E-state index in [9.17, 15) is 5.11 Å². The van der Waals surface area contributed by atoms with Crippen LogP contribution in [-0.4, -0.2) is 52.3 Å². The molecule has 0 aliphatic carbocycles. The van der Waals surface area contributed by atoms with Gasteiger partial charge in [0.25, 0.3) is 0 Å². The average molecular weight is 487 g/mol. The molecule has 0 amide bonds. The molecule has 1 rings (SSSR count). The number of rotatable bonds is 12. The van der Waals surface area contributed by atoms with Crippen LogP contribution < -0.4 is 0 Å². The molecular formula is C26H54O4Si2. The van der Waals surface area contributed by atoms with Gasteiger partial charge in [0.1, 0.15) is 17.8 Å². The molecule has 1 N–H and O–H groups in total. The van der Waals surface area contributed by atoms with Crippen LogP contribution in [0.5, 0.6) is 0 Å². The van der Waals surface area contributed by atoms with Crippen molar-refractivity contribution in [3.63, 3.8) is 0 Å². The van der Waals surface area contributed by atoms with Crippen molar-refractivity contribution in [3.05, 3.63) is 11.6 Å². The number of aliphatic hydroxyl groups excluding tert-OH is 1. The average Bonchev–Trinajstić information content (AvgIpc) is 3.31. The van der Waals surface area contributed by atoms with Crippen molar-refractivity contribution in [2.45, 2.75) is 148 Å². The van der Waals surface area contributed by atoms with Crippen LogP contribution in [0.3, 0.4) is 0 Å². The van der Waals surface area contributed by atoms with Crippen LogP contribution in [0, 0.1) is 0 Å². The quantitative estimate of drug-likeness (QED) is 0.177. The van der Waals surface area contributed by atoms with Gasteiger partial charge in [-0.2, -0.15) is 0 Å². The Morgan fingerprint density at radius 1 is 1.06 bits per heavy atom. The maximum absolute atomic E-state index is 11.0. The predicted octanol–water partition coefficient (Wildman–Crippen LogP) is 7.44. The van der Waals surface area contributed by atoms with Crippen molar-refractivity contribution in [1.29, 1.82) is 0 Å². The lowest BCUT2D eigenvalue weighted by Crippen LogP contribution is -2.53. The molecule has 0 aromatic heterocycles. The van der Waals surface area contributed by atoms with Crippen LogP contribution in [-0.2, 0) is 13.6 Å². The molecule has 0 aromatic rings. The number of hydrogen-bond acceptors (Lipinski definition) is 4. The Kier molecular flexibility index (Phi) is 10.1. The van der Waals surface area contributed by atoms with Crippen LogP contribution >= 0.6 is 0 Å². The normalized spacial score (nSPS) is 25.1. The van der Waals surface area contributed by atoms with Gasteiger partial charge >= 0.3 is 0 Å². The molecular weight excluding hydrogens is 432 g/mol. The minimum Gasteiger partial charge on any atom is -0.413 e. The number of epoxide rings is 1. The van der Waals surface area contributed by atoms with Crippen LogP contribution in [0.4, 0.5) is 0 Å². The summed E-state index contributed by atoms with van der Waals surface area (Å²) in [6.45, 7) is 31.9. The zero-order chi connectivity index (χ0) is 25.3. The summed E-state index contributed by atoms with van der Waals surface area (Å²) in [5.74, 6) is 0. The summed E-state index contributed by atoms with van der Waals surface area (Å²) in [6, 6.07) is 0. The molecule has 1 fully saturated rings. The second kappa shape index (κ2) is 10.7. The minimum atomic E-state index is -2.05. The molecule has 4 nitrogen and oxygen atoms in total. The highest BCUT2D eigenvalue weighted by atomic mass is 28.4. The molecule has 0 spiro atoms. The van der Waals surface area contributed by atoms with E-state index in [-0.39, 0.29) is 17.2 Å². The molecule has 1 aliphatic rings. The minimum absolute atomic E-state index is 0.0931. The van der Waals surface area contributed by atoms with E-state index in [1.165, 1.54) is 0 Å². The van der Waals surface area contributed by atoms with E-state index >= 15 is 0 Å². The van der Waals surface area contributed by atoms with E-state index in [0.717, 1.165) is 12.0 Å². The van der Waals surface area contributed by atoms with Crippen molar-refractivity contribution >= 4 is 16.6 Å². The van der Waals surface area contributed by atoms with Crippen LogP contribution in [0.1, 0.15) is 89.5 Å². The summed E-state index contributed by atoms with van der Waals surface area (Å²) >= 11 is 0. The largest absolute Gasteiger partial charge is 0.413 e. The van der Waals surface area contributed by atoms with Gasteiger partial charge in [0.05, 0.1) is 12.7 Å². The third-order valence-electron chi connectivity index (χ3n) is 8.18. The molecule has 0 radical (unpaired) electrons. The predicted molar refractivity (Wildman–Crippen MR) is 142 cm³/mol. The molecule has 1 unspecified atom stereocenters. The lowest BCUT2D eigenvalue weighted by molar-refractivity contribution is 0.0807. The van der Waals surface area contributed by atoms with Crippen LogP contribution in [0.15, 0.2) is 11.6 Å². The van der Waals surface area contributed by atoms with Gasteiger partial charge in [-0.05, 0) is 60.6 Å². The Bertz CT molecular complexity index is 614. The standard InChI is InChI=1S/C26H54O4Si2/c1-15-16-21(8)23(27)26(12)24(29-26)22(30-31(13,14)25(9,10)11)17-28-32(18(2)3,19(4)5)20(6)7/h16,18-20,22-24,27H,15,17H2,1-14H3/b21-16+/t22-,23?,24+,26+/m1/s1. The Balaban J connectivity index is 3.25. The molecule has 4 atom stereocenters. The van der Waals surface area contributed by atoms with Gasteiger partial charge in [0.15, 0.2) is 16.6 Å². The first-order valence-electron chi connectivity index (χ1n) is 12.7. The zero-order valence-electron chi connectivity index (χ0n) is 23.6. The fourth-order valence-corrected chi connectivity index (χ4v) is 12.0. The molecule has 1 aliphatic heterocycles. The molecule has 0 bridgehead atoms. The third-order valence-corrected chi connectivity index (χ3v) is 18.8. The van der Waals surface area contributed by atoms with Crippen molar-refractivity contribution in [2.24, 2.45) is 0 Å². The highest BCUT2D eigenvalue weighted by molar-refractivity contribution is 6.77. The molecule has 1 saturated heterocycles. The third kappa shape index (κ3) is 6.17. The lowest BCUT2D eigenvalue weighted by atomic mass is 9.92. The first-order chi connectivity index (χ1) is 14.4. The Morgan fingerprint density at radius 2 is 1.53 bits per heavy atom. The van der Waals surface area contributed by atoms with E-state index in [1.807, 2.05) is 13.8 Å². The lowest BCUT2D eigenvalue weighted by Gasteiger charge is -2.44. The summed E-state index contributed by atoms with van der Waals surface area (Å²) in [5.41, 5.74) is 1.90. The molecule has 6 heteroatoms. The summed E-state index contributed by atoms with van der Waals surface area (Å²) in [6.07, 6.45) is 2.03. The molecule has 32 heavy (non-hydrogen) atoms. The van der Waals surface area contributed by atoms with Crippen molar-refractivity contribution < 1.29 is 18.7 Å². The summed E-state index contributed by atoms with van der Waals surface area (Å²) in [4.78, 5) is 0. The fourth-order valence-electron chi connectivity index (χ4n) is 5.26. The topological polar surface area (TPSA) is 51.2 Å². The van der Waals surface area contributed by atoms with Crippen molar-refractivity contribution in [2.75, 3.05) is 6.61 Å². The SMILES string of the molecule is CC/C=C(\C)C(O)[C@]1(C)O[C@H]1[C@@H](CO[Si](C(C)C)(C(C)C)C(C)C)O[Si](C)(C)C(C)(C)C. The number of hydrogen-bond donors (Lipinski definition) is 1. The number of ether oxygens (including phenoxy) is 1. The van der Waals surface area contributed by atoms with Gasteiger partial charge in [-0.3, -0.25) is 0 Å². The van der Waals surface area contributed by atoms with E-state index in [0.29, 0.717) is 23.2 Å². The molecule has 0 aromatic carbocycles. The second-order valence-corrected chi connectivity index (χ2v) is 22.7. The van der Waals surface area contributed by atoms with Crippen LogP contribution in [0.25, 0.3) is 0 Å². The van der Waals surface area contributed by atoms with Gasteiger partial charge < -0.3 is 18.7 Å². The molecule has 190 valence electrons. The maximum atomic E-state index is 11.0. The van der Waals surface area contributed by atoms with Gasteiger partial charge in [0, 0.05) is 0 Å². The smallest absolute Gasteiger partial charge is 0.200 e. The Morgan fingerprint density at radius 3 is 1.91 bits per heavy atom. The number of aliphatic hydroxyl groups is 1.